The number of nitrogens with one attached hydrogen (secondary N) is 1. The molecule has 3 heterocycles. The first-order valence-electron chi connectivity index (χ1n) is 5.44. The Bertz CT molecular complexity index is 371. The fourth-order valence-electron chi connectivity index (χ4n) is 2.34. The van der Waals surface area contributed by atoms with Crippen molar-refractivity contribution in [1.82, 2.24) is 5.32 Å². The van der Waals surface area contributed by atoms with E-state index >= 15 is 0 Å². The van der Waals surface area contributed by atoms with E-state index in [9.17, 15) is 0 Å². The third kappa shape index (κ3) is 1.72. The lowest BCUT2D eigenvalue weighted by Gasteiger charge is -2.11. The molecule has 0 radical (unpaired) electrons. The predicted molar refractivity (Wildman–Crippen MR) is 62.9 cm³/mol. The van der Waals surface area contributed by atoms with Crippen LogP contribution in [0.1, 0.15) is 27.7 Å². The van der Waals surface area contributed by atoms with E-state index in [4.69, 9.17) is 16.3 Å². The molecular weight excluding hydrogens is 230 g/mol. The lowest BCUT2D eigenvalue weighted by atomic mass is 10.1. The molecule has 1 atom stereocenters. The van der Waals surface area contributed by atoms with E-state index < -0.39 is 0 Å². The first-order chi connectivity index (χ1) is 7.36. The Morgan fingerprint density at radius 2 is 2.40 bits per heavy atom. The Hall–Kier alpha value is -0.0900. The van der Waals surface area contributed by atoms with Gasteiger partial charge in [-0.05, 0) is 13.0 Å². The van der Waals surface area contributed by atoms with Crippen LogP contribution >= 0.6 is 22.9 Å². The zero-order valence-corrected chi connectivity index (χ0v) is 10.1. The van der Waals surface area contributed by atoms with Gasteiger partial charge in [0.1, 0.15) is 0 Å². The first-order valence-corrected chi connectivity index (χ1v) is 6.64. The summed E-state index contributed by atoms with van der Waals surface area (Å²) in [6.07, 6.45) is 2.26. The summed E-state index contributed by atoms with van der Waals surface area (Å²) in [6, 6.07) is 0. The van der Waals surface area contributed by atoms with Gasteiger partial charge < -0.3 is 10.1 Å². The highest BCUT2D eigenvalue weighted by Gasteiger charge is 2.26. The zero-order valence-electron chi connectivity index (χ0n) is 8.51. The largest absolute Gasteiger partial charge is 0.376 e. The maximum Gasteiger partial charge on any atom is 0.0742 e. The van der Waals surface area contributed by atoms with Crippen LogP contribution in [-0.2, 0) is 17.8 Å². The number of ether oxygens (including phenoxy) is 1. The van der Waals surface area contributed by atoms with Crippen LogP contribution in [0.4, 0.5) is 0 Å². The minimum absolute atomic E-state index is 0.632. The lowest BCUT2D eigenvalue weighted by Crippen LogP contribution is -2.07. The second-order valence-corrected chi connectivity index (χ2v) is 5.69. The van der Waals surface area contributed by atoms with E-state index in [1.54, 1.807) is 0 Å². The number of hydrogen-bond donors (Lipinski definition) is 1. The van der Waals surface area contributed by atoms with Crippen LogP contribution in [0.15, 0.2) is 0 Å². The van der Waals surface area contributed by atoms with Crippen molar-refractivity contribution in [2.45, 2.75) is 25.4 Å². The molecule has 4 heteroatoms. The molecule has 2 aliphatic heterocycles. The van der Waals surface area contributed by atoms with Crippen LogP contribution in [0.25, 0.3) is 0 Å². The molecule has 1 unspecified atom stereocenters. The number of rotatable bonds is 1. The quantitative estimate of drug-likeness (QED) is 0.819. The van der Waals surface area contributed by atoms with Gasteiger partial charge in [0.15, 0.2) is 0 Å². The van der Waals surface area contributed by atoms with Crippen LogP contribution in [0.5, 0.6) is 0 Å². The third-order valence-corrected chi connectivity index (χ3v) is 5.20. The van der Waals surface area contributed by atoms with Crippen LogP contribution < -0.4 is 5.32 Å². The topological polar surface area (TPSA) is 21.3 Å². The van der Waals surface area contributed by atoms with Crippen LogP contribution in [0, 0.1) is 0 Å². The van der Waals surface area contributed by atoms with Crippen molar-refractivity contribution < 1.29 is 4.74 Å². The van der Waals surface area contributed by atoms with Gasteiger partial charge in [0.05, 0.1) is 18.2 Å². The fraction of sp³-hybridized carbons (Fsp3) is 0.636. The molecule has 0 spiro atoms. The van der Waals surface area contributed by atoms with Gasteiger partial charge in [0.25, 0.3) is 0 Å². The van der Waals surface area contributed by atoms with E-state index in [1.807, 2.05) is 11.3 Å². The van der Waals surface area contributed by atoms with E-state index in [2.05, 4.69) is 5.32 Å². The molecule has 0 aromatic carbocycles. The molecule has 1 fully saturated rings. The molecule has 3 rings (SSSR count). The van der Waals surface area contributed by atoms with Crippen molar-refractivity contribution in [3.63, 3.8) is 0 Å². The number of thiophene rings is 1. The average molecular weight is 244 g/mol. The lowest BCUT2D eigenvalue weighted by molar-refractivity contribution is 0.112. The Kier molecular flexibility index (Phi) is 2.73. The molecule has 1 aromatic rings. The summed E-state index contributed by atoms with van der Waals surface area (Å²) in [5.41, 5.74) is 1.26. The summed E-state index contributed by atoms with van der Waals surface area (Å²) >= 11 is 8.33. The summed E-state index contributed by atoms with van der Waals surface area (Å²) in [6.45, 7) is 3.77. The number of fused-ring (bicyclic) bond motifs is 1. The molecule has 82 valence electrons. The number of hydrogen-bond acceptors (Lipinski definition) is 3. The highest BCUT2D eigenvalue weighted by molar-refractivity contribution is 7.13. The Balaban J connectivity index is 1.97. The third-order valence-electron chi connectivity index (χ3n) is 3.20. The van der Waals surface area contributed by atoms with Crippen LogP contribution in [-0.4, -0.2) is 19.7 Å². The highest BCUT2D eigenvalue weighted by atomic mass is 35.5. The summed E-state index contributed by atoms with van der Waals surface area (Å²) in [7, 11) is 0. The first kappa shape index (κ1) is 10.1. The predicted octanol–water partition coefficient (Wildman–Crippen LogP) is 2.55. The molecule has 0 bridgehead atoms. The van der Waals surface area contributed by atoms with Gasteiger partial charge in [-0.1, -0.05) is 11.6 Å². The minimum atomic E-state index is 0.632. The second kappa shape index (κ2) is 4.06. The molecule has 0 amide bonds. The average Bonchev–Trinajstić information content (AvgIpc) is 2.87. The van der Waals surface area contributed by atoms with Crippen molar-refractivity contribution in [1.29, 1.82) is 0 Å². The van der Waals surface area contributed by atoms with Gasteiger partial charge in [-0.3, -0.25) is 0 Å². The van der Waals surface area contributed by atoms with Gasteiger partial charge in [0.2, 0.25) is 0 Å². The van der Waals surface area contributed by atoms with Gasteiger partial charge in [-0.25, -0.2) is 0 Å². The molecule has 15 heavy (non-hydrogen) atoms. The van der Waals surface area contributed by atoms with Crippen molar-refractivity contribution in [3.8, 4) is 0 Å². The van der Waals surface area contributed by atoms with Crippen LogP contribution in [0.3, 0.4) is 0 Å². The van der Waals surface area contributed by atoms with Gasteiger partial charge in [-0.15, -0.1) is 11.3 Å². The highest BCUT2D eigenvalue weighted by Crippen LogP contribution is 2.41. The molecule has 1 saturated heterocycles. The van der Waals surface area contributed by atoms with E-state index in [0.717, 1.165) is 31.1 Å². The maximum atomic E-state index is 6.42. The Morgan fingerprint density at radius 1 is 1.47 bits per heavy atom. The molecule has 1 N–H and O–H groups in total. The van der Waals surface area contributed by atoms with Crippen molar-refractivity contribution in [3.05, 3.63) is 20.3 Å². The zero-order chi connectivity index (χ0) is 10.3. The summed E-state index contributed by atoms with van der Waals surface area (Å²) in [4.78, 5) is 2.84. The molecular formula is C11H14ClNOS. The standard InChI is InChI=1S/C11H14ClNOS/c12-10-8-6-14-4-2-9(8)15-11(10)7-1-3-13-5-7/h7,13H,1-6H2. The van der Waals surface area contributed by atoms with Gasteiger partial charge in [-0.2, -0.15) is 0 Å². The summed E-state index contributed by atoms with van der Waals surface area (Å²) in [5.74, 6) is 0.632. The SMILES string of the molecule is Clc1c(C2CCNC2)sc2c1COCC2. The molecule has 0 aliphatic carbocycles. The van der Waals surface area contributed by atoms with Crippen molar-refractivity contribution >= 4 is 22.9 Å². The van der Waals surface area contributed by atoms with Gasteiger partial charge in [0, 0.05) is 34.2 Å². The molecule has 2 aliphatic rings. The van der Waals surface area contributed by atoms with E-state index in [1.165, 1.54) is 21.7 Å². The van der Waals surface area contributed by atoms with E-state index in [0.29, 0.717) is 12.5 Å². The Morgan fingerprint density at radius 3 is 3.13 bits per heavy atom. The fourth-order valence-corrected chi connectivity index (χ4v) is 4.15. The monoisotopic (exact) mass is 243 g/mol. The number of halogens is 1. The second-order valence-electron chi connectivity index (χ2n) is 4.17. The summed E-state index contributed by atoms with van der Waals surface area (Å²) < 4.78 is 5.46. The van der Waals surface area contributed by atoms with Crippen molar-refractivity contribution in [2.24, 2.45) is 0 Å². The smallest absolute Gasteiger partial charge is 0.0742 e. The Labute approximate surface area is 98.6 Å². The summed E-state index contributed by atoms with van der Waals surface area (Å²) in [5, 5.41) is 4.38. The molecule has 1 aromatic heterocycles. The van der Waals surface area contributed by atoms with Crippen LogP contribution in [0.2, 0.25) is 5.02 Å². The molecule has 0 saturated carbocycles. The normalized spacial score (nSPS) is 25.5. The maximum absolute atomic E-state index is 6.42. The van der Waals surface area contributed by atoms with Gasteiger partial charge >= 0.3 is 0 Å². The minimum Gasteiger partial charge on any atom is -0.376 e. The van der Waals surface area contributed by atoms with Crippen molar-refractivity contribution in [2.75, 3.05) is 19.7 Å². The molecule has 2 nitrogen and oxygen atoms in total. The van der Waals surface area contributed by atoms with E-state index in [-0.39, 0.29) is 0 Å².